The number of ether oxygens (including phenoxy) is 1. The summed E-state index contributed by atoms with van der Waals surface area (Å²) >= 11 is 0. The van der Waals surface area contributed by atoms with Gasteiger partial charge in [0.15, 0.2) is 5.75 Å². The van der Waals surface area contributed by atoms with E-state index in [0.717, 1.165) is 31.0 Å². The molecule has 0 bridgehead atoms. The number of aryl methyl sites for hydroxylation is 1. The Balaban J connectivity index is 1.90. The van der Waals surface area contributed by atoms with Gasteiger partial charge >= 0.3 is 0 Å². The zero-order valence-electron chi connectivity index (χ0n) is 11.4. The first-order valence-electron chi connectivity index (χ1n) is 6.63. The van der Waals surface area contributed by atoms with Crippen molar-refractivity contribution in [2.24, 2.45) is 7.05 Å². The zero-order valence-corrected chi connectivity index (χ0v) is 11.4. The molecule has 2 heterocycles. The van der Waals surface area contributed by atoms with E-state index in [0.29, 0.717) is 5.92 Å². The van der Waals surface area contributed by atoms with Crippen molar-refractivity contribution in [3.05, 3.63) is 47.3 Å². The summed E-state index contributed by atoms with van der Waals surface area (Å²) in [5.41, 5.74) is 4.01. The van der Waals surface area contributed by atoms with E-state index in [1.54, 1.807) is 13.3 Å². The standard InChI is InChI=1S/C15H19N3O/c1-18-14(15(19-2)10-17-18)7-12-9-16-8-11-5-3-4-6-13(11)12/h3-6,10,12,16H,7-9H2,1-2H3. The maximum Gasteiger partial charge on any atom is 0.159 e. The van der Waals surface area contributed by atoms with Crippen LogP contribution in [0.25, 0.3) is 0 Å². The minimum atomic E-state index is 0.481. The quantitative estimate of drug-likeness (QED) is 0.912. The molecule has 1 aliphatic rings. The number of nitrogens with zero attached hydrogens (tertiary/aromatic N) is 2. The fourth-order valence-corrected chi connectivity index (χ4v) is 2.85. The monoisotopic (exact) mass is 257 g/mol. The Hall–Kier alpha value is -1.81. The first-order chi connectivity index (χ1) is 9.29. The molecule has 19 heavy (non-hydrogen) atoms. The van der Waals surface area contributed by atoms with Gasteiger partial charge in [0.05, 0.1) is 19.0 Å². The first-order valence-corrected chi connectivity index (χ1v) is 6.63. The lowest BCUT2D eigenvalue weighted by molar-refractivity contribution is 0.404. The molecule has 1 N–H and O–H groups in total. The summed E-state index contributed by atoms with van der Waals surface area (Å²) in [6.45, 7) is 1.97. The lowest BCUT2D eigenvalue weighted by atomic mass is 9.87. The summed E-state index contributed by atoms with van der Waals surface area (Å²) < 4.78 is 7.30. The second-order valence-electron chi connectivity index (χ2n) is 5.01. The number of hydrogen-bond acceptors (Lipinski definition) is 3. The summed E-state index contributed by atoms with van der Waals surface area (Å²) in [7, 11) is 3.67. The van der Waals surface area contributed by atoms with Gasteiger partial charge in [0, 0.05) is 32.5 Å². The van der Waals surface area contributed by atoms with Crippen molar-refractivity contribution < 1.29 is 4.74 Å². The third kappa shape index (κ3) is 2.24. The van der Waals surface area contributed by atoms with Crippen LogP contribution >= 0.6 is 0 Å². The Morgan fingerprint density at radius 1 is 1.42 bits per heavy atom. The van der Waals surface area contributed by atoms with Crippen molar-refractivity contribution in [2.75, 3.05) is 13.7 Å². The minimum Gasteiger partial charge on any atom is -0.493 e. The predicted octanol–water partition coefficient (Wildman–Crippen LogP) is 1.86. The molecule has 2 aromatic rings. The molecule has 0 amide bonds. The maximum atomic E-state index is 5.39. The predicted molar refractivity (Wildman–Crippen MR) is 74.4 cm³/mol. The SMILES string of the molecule is COc1cnn(C)c1CC1CNCc2ccccc21. The molecule has 0 saturated heterocycles. The molecule has 0 fully saturated rings. The van der Waals surface area contributed by atoms with Crippen LogP contribution < -0.4 is 10.1 Å². The van der Waals surface area contributed by atoms with Gasteiger partial charge in [-0.3, -0.25) is 4.68 Å². The van der Waals surface area contributed by atoms with Gasteiger partial charge in [0.25, 0.3) is 0 Å². The van der Waals surface area contributed by atoms with Crippen molar-refractivity contribution in [3.8, 4) is 5.75 Å². The summed E-state index contributed by atoms with van der Waals surface area (Å²) in [6, 6.07) is 8.67. The van der Waals surface area contributed by atoms with E-state index in [-0.39, 0.29) is 0 Å². The topological polar surface area (TPSA) is 39.1 Å². The van der Waals surface area contributed by atoms with Gasteiger partial charge in [0.2, 0.25) is 0 Å². The molecule has 1 aromatic carbocycles. The fraction of sp³-hybridized carbons (Fsp3) is 0.400. The molecule has 0 saturated carbocycles. The molecular formula is C15H19N3O. The first kappa shape index (κ1) is 12.2. The second kappa shape index (κ2) is 5.05. The van der Waals surface area contributed by atoms with Crippen molar-refractivity contribution in [2.45, 2.75) is 18.9 Å². The van der Waals surface area contributed by atoms with E-state index in [2.05, 4.69) is 34.7 Å². The smallest absolute Gasteiger partial charge is 0.159 e. The second-order valence-corrected chi connectivity index (χ2v) is 5.01. The van der Waals surface area contributed by atoms with Crippen LogP contribution in [0.4, 0.5) is 0 Å². The third-order valence-electron chi connectivity index (χ3n) is 3.88. The van der Waals surface area contributed by atoms with Crippen LogP contribution in [0, 0.1) is 0 Å². The van der Waals surface area contributed by atoms with E-state index in [4.69, 9.17) is 4.74 Å². The lowest BCUT2D eigenvalue weighted by Crippen LogP contribution is -2.29. The number of aromatic nitrogens is 2. The van der Waals surface area contributed by atoms with Gasteiger partial charge in [0.1, 0.15) is 0 Å². The van der Waals surface area contributed by atoms with Crippen LogP contribution in [0.3, 0.4) is 0 Å². The van der Waals surface area contributed by atoms with E-state index in [1.807, 2.05) is 11.7 Å². The van der Waals surface area contributed by atoms with E-state index >= 15 is 0 Å². The van der Waals surface area contributed by atoms with Gasteiger partial charge in [-0.25, -0.2) is 0 Å². The van der Waals surface area contributed by atoms with E-state index < -0.39 is 0 Å². The van der Waals surface area contributed by atoms with Crippen LogP contribution in [0.15, 0.2) is 30.5 Å². The van der Waals surface area contributed by atoms with E-state index in [1.165, 1.54) is 11.1 Å². The summed E-state index contributed by atoms with van der Waals surface area (Å²) in [5, 5.41) is 7.77. The molecular weight excluding hydrogens is 238 g/mol. The molecule has 4 heteroatoms. The van der Waals surface area contributed by atoms with Crippen molar-refractivity contribution in [3.63, 3.8) is 0 Å². The highest BCUT2D eigenvalue weighted by Crippen LogP contribution is 2.29. The largest absolute Gasteiger partial charge is 0.493 e. The summed E-state index contributed by atoms with van der Waals surface area (Å²) in [5.74, 6) is 1.36. The molecule has 4 nitrogen and oxygen atoms in total. The molecule has 100 valence electrons. The maximum absolute atomic E-state index is 5.39. The average Bonchev–Trinajstić information content (AvgIpc) is 2.80. The average molecular weight is 257 g/mol. The Labute approximate surface area is 113 Å². The third-order valence-corrected chi connectivity index (χ3v) is 3.88. The molecule has 1 atom stereocenters. The van der Waals surface area contributed by atoms with Crippen molar-refractivity contribution in [1.82, 2.24) is 15.1 Å². The van der Waals surface area contributed by atoms with Crippen LogP contribution in [0.1, 0.15) is 22.7 Å². The number of hydrogen-bond donors (Lipinski definition) is 1. The Morgan fingerprint density at radius 2 is 2.26 bits per heavy atom. The molecule has 1 unspecified atom stereocenters. The molecule has 1 aromatic heterocycles. The van der Waals surface area contributed by atoms with Crippen LogP contribution in [0.2, 0.25) is 0 Å². The van der Waals surface area contributed by atoms with Gasteiger partial charge < -0.3 is 10.1 Å². The molecule has 1 aliphatic heterocycles. The van der Waals surface area contributed by atoms with Gasteiger partial charge in [-0.05, 0) is 11.1 Å². The van der Waals surface area contributed by atoms with Crippen molar-refractivity contribution >= 4 is 0 Å². The molecule has 3 rings (SSSR count). The van der Waals surface area contributed by atoms with E-state index in [9.17, 15) is 0 Å². The van der Waals surface area contributed by atoms with Crippen LogP contribution in [-0.4, -0.2) is 23.4 Å². The Kier molecular flexibility index (Phi) is 3.25. The molecule has 0 radical (unpaired) electrons. The van der Waals surface area contributed by atoms with Crippen LogP contribution in [-0.2, 0) is 20.0 Å². The highest BCUT2D eigenvalue weighted by atomic mass is 16.5. The number of rotatable bonds is 3. The van der Waals surface area contributed by atoms with Crippen molar-refractivity contribution in [1.29, 1.82) is 0 Å². The van der Waals surface area contributed by atoms with Gasteiger partial charge in [-0.15, -0.1) is 0 Å². The molecule has 0 spiro atoms. The minimum absolute atomic E-state index is 0.481. The van der Waals surface area contributed by atoms with Gasteiger partial charge in [-0.1, -0.05) is 24.3 Å². The Morgan fingerprint density at radius 3 is 3.11 bits per heavy atom. The molecule has 0 aliphatic carbocycles. The highest BCUT2D eigenvalue weighted by molar-refractivity contribution is 5.35. The number of methoxy groups -OCH3 is 1. The van der Waals surface area contributed by atoms with Crippen LogP contribution in [0.5, 0.6) is 5.75 Å². The van der Waals surface area contributed by atoms with Gasteiger partial charge in [-0.2, -0.15) is 5.10 Å². The zero-order chi connectivity index (χ0) is 13.2. The lowest BCUT2D eigenvalue weighted by Gasteiger charge is -2.26. The number of benzene rings is 1. The Bertz CT molecular complexity index is 577. The highest BCUT2D eigenvalue weighted by Gasteiger charge is 2.22. The summed E-state index contributed by atoms with van der Waals surface area (Å²) in [4.78, 5) is 0. The summed E-state index contributed by atoms with van der Waals surface area (Å²) in [6.07, 6.45) is 2.74. The normalized spacial score (nSPS) is 18.1. The number of fused-ring (bicyclic) bond motifs is 1. The number of nitrogens with one attached hydrogen (secondary N) is 1. The fourth-order valence-electron chi connectivity index (χ4n) is 2.85.